The molecule has 0 saturated heterocycles. The Kier molecular flexibility index (Phi) is 9.21. The molecule has 2 rings (SSSR count). The van der Waals surface area contributed by atoms with Crippen molar-refractivity contribution in [3.8, 4) is 0 Å². The van der Waals surface area contributed by atoms with Gasteiger partial charge in [-0.25, -0.2) is 9.78 Å². The van der Waals surface area contributed by atoms with E-state index in [1.165, 1.54) is 0 Å². The van der Waals surface area contributed by atoms with E-state index < -0.39 is 40.5 Å². The van der Waals surface area contributed by atoms with E-state index in [2.05, 4.69) is 15.6 Å². The van der Waals surface area contributed by atoms with E-state index >= 15 is 0 Å². The molecule has 0 fully saturated rings. The summed E-state index contributed by atoms with van der Waals surface area (Å²) in [4.78, 5) is 29.2. The van der Waals surface area contributed by atoms with Crippen LogP contribution in [0.5, 0.6) is 0 Å². The van der Waals surface area contributed by atoms with E-state index in [0.717, 1.165) is 6.42 Å². The van der Waals surface area contributed by atoms with Gasteiger partial charge in [-0.3, -0.25) is 9.00 Å². The SMILES string of the molecule is CCC(C)CS(=O)CC(NC(=O)OC(C)(C)C)C(=O)NCC(O)c1nc2ccccc2o1. The summed E-state index contributed by atoms with van der Waals surface area (Å²) in [6, 6.07) is 5.99. The number of alkyl carbamates (subject to hydrolysis) is 1. The highest BCUT2D eigenvalue weighted by atomic mass is 32.2. The summed E-state index contributed by atoms with van der Waals surface area (Å²) in [6.45, 7) is 8.91. The number of amides is 2. The van der Waals surface area contributed by atoms with Gasteiger partial charge in [-0.2, -0.15) is 0 Å². The Hall–Kier alpha value is -2.46. The van der Waals surface area contributed by atoms with Crippen molar-refractivity contribution in [1.82, 2.24) is 15.6 Å². The van der Waals surface area contributed by atoms with E-state index in [-0.39, 0.29) is 24.1 Å². The fourth-order valence-electron chi connectivity index (χ4n) is 2.76. The van der Waals surface area contributed by atoms with Crippen LogP contribution in [0.4, 0.5) is 4.79 Å². The zero-order chi connectivity index (χ0) is 23.9. The largest absolute Gasteiger partial charge is 0.444 e. The molecule has 4 atom stereocenters. The lowest BCUT2D eigenvalue weighted by molar-refractivity contribution is -0.123. The van der Waals surface area contributed by atoms with Crippen molar-refractivity contribution in [3.63, 3.8) is 0 Å². The molecule has 2 amide bonds. The number of carbonyl (C=O) groups is 2. The molecular weight excluding hydrogens is 434 g/mol. The molecule has 1 aromatic carbocycles. The van der Waals surface area contributed by atoms with E-state index in [4.69, 9.17) is 9.15 Å². The third kappa shape index (κ3) is 8.23. The third-order valence-corrected chi connectivity index (χ3v) is 6.24. The van der Waals surface area contributed by atoms with Gasteiger partial charge in [0.15, 0.2) is 5.58 Å². The number of para-hydroxylation sites is 2. The summed E-state index contributed by atoms with van der Waals surface area (Å²) in [5, 5.41) is 15.4. The van der Waals surface area contributed by atoms with Crippen molar-refractivity contribution in [2.75, 3.05) is 18.1 Å². The van der Waals surface area contributed by atoms with Crippen molar-refractivity contribution in [2.45, 2.75) is 58.8 Å². The highest BCUT2D eigenvalue weighted by molar-refractivity contribution is 7.85. The summed E-state index contributed by atoms with van der Waals surface area (Å²) in [6.07, 6.45) is -1.10. The minimum Gasteiger partial charge on any atom is -0.444 e. The first kappa shape index (κ1) is 25.8. The number of nitrogens with one attached hydrogen (secondary N) is 2. The number of aromatic nitrogens is 1. The second kappa shape index (κ2) is 11.4. The predicted octanol–water partition coefficient (Wildman–Crippen LogP) is 2.67. The number of nitrogens with zero attached hydrogens (tertiary/aromatic N) is 1. The van der Waals surface area contributed by atoms with Crippen LogP contribution in [0.15, 0.2) is 28.7 Å². The number of benzene rings is 1. The molecule has 10 heteroatoms. The number of rotatable bonds is 10. The molecule has 1 aromatic heterocycles. The molecule has 0 spiro atoms. The molecule has 178 valence electrons. The molecule has 0 aliphatic carbocycles. The number of aliphatic hydroxyl groups excluding tert-OH is 1. The van der Waals surface area contributed by atoms with Crippen LogP contribution in [-0.2, 0) is 20.3 Å². The van der Waals surface area contributed by atoms with Crippen LogP contribution < -0.4 is 10.6 Å². The molecule has 3 N–H and O–H groups in total. The standard InChI is InChI=1S/C22H33N3O6S/c1-6-14(2)12-32(29)13-16(25-21(28)31-22(3,4)5)19(27)23-11-17(26)20-24-15-9-7-8-10-18(15)30-20/h7-10,14,16-17,26H,6,11-13H2,1-5H3,(H,23,27)(H,25,28). The monoisotopic (exact) mass is 467 g/mol. The van der Waals surface area contributed by atoms with E-state index in [1.54, 1.807) is 45.0 Å². The van der Waals surface area contributed by atoms with Crippen molar-refractivity contribution in [2.24, 2.45) is 5.92 Å². The Labute approximate surface area is 190 Å². The maximum atomic E-state index is 12.8. The number of fused-ring (bicyclic) bond motifs is 1. The average molecular weight is 468 g/mol. The minimum absolute atomic E-state index is 0.0611. The zero-order valence-electron chi connectivity index (χ0n) is 19.2. The number of aliphatic hydroxyl groups is 1. The molecule has 32 heavy (non-hydrogen) atoms. The van der Waals surface area contributed by atoms with E-state index in [9.17, 15) is 18.9 Å². The first-order valence-electron chi connectivity index (χ1n) is 10.6. The van der Waals surface area contributed by atoms with Gasteiger partial charge in [-0.05, 0) is 38.8 Å². The van der Waals surface area contributed by atoms with E-state index in [1.807, 2.05) is 13.8 Å². The van der Waals surface area contributed by atoms with Crippen LogP contribution in [0.25, 0.3) is 11.1 Å². The maximum absolute atomic E-state index is 12.8. The van der Waals surface area contributed by atoms with Crippen molar-refractivity contribution in [1.29, 1.82) is 0 Å². The fourth-order valence-corrected chi connectivity index (χ4v) is 4.38. The fraction of sp³-hybridized carbons (Fsp3) is 0.591. The molecule has 2 aromatic rings. The summed E-state index contributed by atoms with van der Waals surface area (Å²) in [5.74, 6) is 0.0741. The Balaban J connectivity index is 2.02. The van der Waals surface area contributed by atoms with Crippen LogP contribution in [0.1, 0.15) is 53.0 Å². The lowest BCUT2D eigenvalue weighted by Crippen LogP contribution is -2.51. The number of hydrogen-bond donors (Lipinski definition) is 3. The summed E-state index contributed by atoms with van der Waals surface area (Å²) >= 11 is 0. The molecule has 0 aliphatic heterocycles. The van der Waals surface area contributed by atoms with Gasteiger partial charge in [0.25, 0.3) is 0 Å². The highest BCUT2D eigenvalue weighted by Gasteiger charge is 2.27. The Morgan fingerprint density at radius 3 is 2.56 bits per heavy atom. The molecule has 0 aliphatic rings. The maximum Gasteiger partial charge on any atom is 0.408 e. The Bertz CT molecular complexity index is 906. The topological polar surface area (TPSA) is 131 Å². The number of hydrogen-bond acceptors (Lipinski definition) is 7. The lowest BCUT2D eigenvalue weighted by Gasteiger charge is -2.23. The van der Waals surface area contributed by atoms with Gasteiger partial charge in [0, 0.05) is 16.6 Å². The molecule has 0 radical (unpaired) electrons. The molecular formula is C22H33N3O6S. The van der Waals surface area contributed by atoms with Crippen LogP contribution in [-0.4, -0.2) is 56.0 Å². The number of oxazole rings is 1. The van der Waals surface area contributed by atoms with Crippen molar-refractivity contribution < 1.29 is 28.1 Å². The van der Waals surface area contributed by atoms with Crippen LogP contribution in [0, 0.1) is 5.92 Å². The summed E-state index contributed by atoms with van der Waals surface area (Å²) in [5.41, 5.74) is 0.375. The molecule has 1 heterocycles. The number of carbonyl (C=O) groups excluding carboxylic acids is 2. The predicted molar refractivity (Wildman–Crippen MR) is 122 cm³/mol. The van der Waals surface area contributed by atoms with Gasteiger partial charge in [-0.1, -0.05) is 32.4 Å². The molecule has 0 bridgehead atoms. The summed E-state index contributed by atoms with van der Waals surface area (Å²) < 4.78 is 23.3. The first-order valence-corrected chi connectivity index (χ1v) is 12.1. The highest BCUT2D eigenvalue weighted by Crippen LogP contribution is 2.19. The van der Waals surface area contributed by atoms with Crippen molar-refractivity contribution >= 4 is 33.9 Å². The Morgan fingerprint density at radius 1 is 1.25 bits per heavy atom. The average Bonchev–Trinajstić information content (AvgIpc) is 3.14. The van der Waals surface area contributed by atoms with Gasteiger partial charge in [0.2, 0.25) is 11.8 Å². The first-order chi connectivity index (χ1) is 15.0. The van der Waals surface area contributed by atoms with Gasteiger partial charge in [0.05, 0.1) is 12.3 Å². The van der Waals surface area contributed by atoms with Gasteiger partial charge < -0.3 is 24.9 Å². The molecule has 0 saturated carbocycles. The Morgan fingerprint density at radius 2 is 1.94 bits per heavy atom. The van der Waals surface area contributed by atoms with Crippen molar-refractivity contribution in [3.05, 3.63) is 30.2 Å². The zero-order valence-corrected chi connectivity index (χ0v) is 20.0. The smallest absolute Gasteiger partial charge is 0.408 e. The van der Waals surface area contributed by atoms with Crippen LogP contribution in [0.3, 0.4) is 0 Å². The normalized spacial score (nSPS) is 15.6. The molecule has 4 unspecified atom stereocenters. The van der Waals surface area contributed by atoms with E-state index in [0.29, 0.717) is 16.9 Å². The molecule has 9 nitrogen and oxygen atoms in total. The van der Waals surface area contributed by atoms with Gasteiger partial charge in [0.1, 0.15) is 23.3 Å². The number of ether oxygens (including phenoxy) is 1. The quantitative estimate of drug-likeness (QED) is 0.490. The van der Waals surface area contributed by atoms with Crippen LogP contribution >= 0.6 is 0 Å². The van der Waals surface area contributed by atoms with Gasteiger partial charge in [-0.15, -0.1) is 0 Å². The van der Waals surface area contributed by atoms with Gasteiger partial charge >= 0.3 is 6.09 Å². The lowest BCUT2D eigenvalue weighted by atomic mass is 10.2. The second-order valence-electron chi connectivity index (χ2n) is 8.77. The van der Waals surface area contributed by atoms with Crippen LogP contribution in [0.2, 0.25) is 0 Å². The minimum atomic E-state index is -1.33. The third-order valence-electron chi connectivity index (χ3n) is 4.59. The summed E-state index contributed by atoms with van der Waals surface area (Å²) in [7, 11) is -1.33. The second-order valence-corrected chi connectivity index (χ2v) is 10.3.